The van der Waals surface area contributed by atoms with E-state index in [1.807, 2.05) is 0 Å². The quantitative estimate of drug-likeness (QED) is 0.0576. The fourth-order valence-electron chi connectivity index (χ4n) is 7.64. The van der Waals surface area contributed by atoms with Crippen molar-refractivity contribution in [3.8, 4) is 0 Å². The molecule has 0 N–H and O–H groups in total. The Morgan fingerprint density at radius 1 is 0.407 bits per heavy atom. The highest BCUT2D eigenvalue weighted by molar-refractivity contribution is 5.68. The number of hydrogen-bond acceptors (Lipinski definition) is 6. The van der Waals surface area contributed by atoms with Crippen LogP contribution in [-0.2, 0) is 23.7 Å². The Bertz CT molecular complexity index is 708. The molecule has 7 nitrogen and oxygen atoms in total. The molecule has 0 bridgehead atoms. The van der Waals surface area contributed by atoms with Crippen LogP contribution in [0.4, 0.5) is 4.79 Å². The number of carbonyl (C=O) groups is 1. The first-order valence-electron chi connectivity index (χ1n) is 23.9. The molecular weight excluding hydrogens is 675 g/mol. The molecule has 1 saturated heterocycles. The van der Waals surface area contributed by atoms with Crippen molar-refractivity contribution in [1.29, 1.82) is 0 Å². The molecule has 2 atom stereocenters. The van der Waals surface area contributed by atoms with Gasteiger partial charge in [0, 0.05) is 33.4 Å². The molecule has 0 spiro atoms. The summed E-state index contributed by atoms with van der Waals surface area (Å²) in [4.78, 5) is 14.6. The van der Waals surface area contributed by atoms with E-state index in [1.54, 1.807) is 12.0 Å². The van der Waals surface area contributed by atoms with Gasteiger partial charge in [-0.05, 0) is 12.8 Å². The van der Waals surface area contributed by atoms with Crippen LogP contribution in [-0.4, -0.2) is 83.0 Å². The van der Waals surface area contributed by atoms with Crippen molar-refractivity contribution in [1.82, 2.24) is 4.90 Å². The zero-order valence-electron chi connectivity index (χ0n) is 36.5. The number of nitrogens with zero attached hydrogens (tertiary/aromatic N) is 1. The lowest BCUT2D eigenvalue weighted by molar-refractivity contribution is -0.0481. The maximum atomic E-state index is 12.9. The van der Waals surface area contributed by atoms with E-state index in [9.17, 15) is 4.79 Å². The van der Waals surface area contributed by atoms with Gasteiger partial charge >= 0.3 is 6.09 Å². The monoisotopic (exact) mass is 768 g/mol. The molecule has 0 radical (unpaired) electrons. The van der Waals surface area contributed by atoms with Gasteiger partial charge in [-0.15, -0.1) is 0 Å². The maximum Gasteiger partial charge on any atom is 0.409 e. The minimum atomic E-state index is -0.267. The van der Waals surface area contributed by atoms with Crippen molar-refractivity contribution in [3.63, 3.8) is 0 Å². The molecule has 7 heteroatoms. The minimum absolute atomic E-state index is 0.0766. The molecule has 1 heterocycles. The summed E-state index contributed by atoms with van der Waals surface area (Å²) >= 11 is 0. The Hall–Kier alpha value is -0.890. The summed E-state index contributed by atoms with van der Waals surface area (Å²) in [5, 5.41) is 0. The molecule has 0 aromatic rings. The number of amides is 1. The largest absolute Gasteiger partial charge is 0.449 e. The SMILES string of the molecule is CCCCCCCCCCCCCCCCCCOC1CN(C(=O)OCCCOCCOC)CC1OCCCCCCCCCCCCCCCCCC. The number of hydrogen-bond donors (Lipinski definition) is 0. The summed E-state index contributed by atoms with van der Waals surface area (Å²) in [6.45, 7) is 9.22. The molecule has 322 valence electrons. The lowest BCUT2D eigenvalue weighted by Gasteiger charge is -2.19. The molecule has 1 aliphatic heterocycles. The van der Waals surface area contributed by atoms with E-state index in [0.717, 1.165) is 26.1 Å². The van der Waals surface area contributed by atoms with Crippen molar-refractivity contribution in [2.24, 2.45) is 0 Å². The summed E-state index contributed by atoms with van der Waals surface area (Å²) in [5.74, 6) is 0. The first-order chi connectivity index (χ1) is 26.7. The normalized spacial score (nSPS) is 15.8. The van der Waals surface area contributed by atoms with Crippen LogP contribution in [0.1, 0.15) is 226 Å². The van der Waals surface area contributed by atoms with E-state index < -0.39 is 0 Å². The summed E-state index contributed by atoms with van der Waals surface area (Å²) < 4.78 is 28.8. The molecule has 0 saturated carbocycles. The molecule has 2 unspecified atom stereocenters. The first kappa shape index (κ1) is 51.1. The second-order valence-electron chi connectivity index (χ2n) is 16.4. The molecule has 0 aromatic carbocycles. The smallest absolute Gasteiger partial charge is 0.409 e. The van der Waals surface area contributed by atoms with Gasteiger partial charge in [-0.3, -0.25) is 0 Å². The number of rotatable bonds is 43. The Kier molecular flexibility index (Phi) is 39.5. The standard InChI is InChI=1S/C47H93NO6/c1-4-6-8-10-12-14-16-18-20-22-24-26-28-30-32-34-38-52-45-43-48(47(49)54-40-36-37-51-42-41-50-3)44-46(45)53-39-35-33-31-29-27-25-23-21-19-17-15-13-11-9-7-5-2/h45-46H,4-44H2,1-3H3. The van der Waals surface area contributed by atoms with Gasteiger partial charge in [-0.2, -0.15) is 0 Å². The lowest BCUT2D eigenvalue weighted by Crippen LogP contribution is -2.31. The van der Waals surface area contributed by atoms with Crippen LogP contribution in [0.2, 0.25) is 0 Å². The van der Waals surface area contributed by atoms with E-state index in [-0.39, 0.29) is 18.3 Å². The molecule has 1 fully saturated rings. The second-order valence-corrected chi connectivity index (χ2v) is 16.4. The van der Waals surface area contributed by atoms with E-state index in [0.29, 0.717) is 45.9 Å². The van der Waals surface area contributed by atoms with Gasteiger partial charge in [0.15, 0.2) is 0 Å². The number of ether oxygens (including phenoxy) is 5. The molecule has 1 rings (SSSR count). The van der Waals surface area contributed by atoms with E-state index in [2.05, 4.69) is 13.8 Å². The van der Waals surface area contributed by atoms with Crippen molar-refractivity contribution in [3.05, 3.63) is 0 Å². The minimum Gasteiger partial charge on any atom is -0.449 e. The van der Waals surface area contributed by atoms with Crippen molar-refractivity contribution >= 4 is 6.09 Å². The number of likely N-dealkylation sites (tertiary alicyclic amines) is 1. The Morgan fingerprint density at radius 3 is 1.07 bits per heavy atom. The van der Waals surface area contributed by atoms with Gasteiger partial charge in [0.1, 0.15) is 12.2 Å². The Balaban J connectivity index is 2.17. The van der Waals surface area contributed by atoms with E-state index in [1.165, 1.54) is 193 Å². The Labute approximate surface area is 336 Å². The number of methoxy groups -OCH3 is 1. The summed E-state index contributed by atoms with van der Waals surface area (Å²) in [7, 11) is 1.66. The van der Waals surface area contributed by atoms with Gasteiger partial charge in [0.2, 0.25) is 0 Å². The lowest BCUT2D eigenvalue weighted by atomic mass is 10.0. The van der Waals surface area contributed by atoms with Crippen molar-refractivity contribution in [2.45, 2.75) is 238 Å². The fourth-order valence-corrected chi connectivity index (χ4v) is 7.64. The van der Waals surface area contributed by atoms with Crippen LogP contribution < -0.4 is 0 Å². The molecule has 1 amide bonds. The van der Waals surface area contributed by atoms with Crippen LogP contribution in [0.5, 0.6) is 0 Å². The third-order valence-electron chi connectivity index (χ3n) is 11.2. The molecule has 0 aliphatic carbocycles. The van der Waals surface area contributed by atoms with Crippen LogP contribution >= 0.6 is 0 Å². The number of carbonyl (C=O) groups excluding carboxylic acids is 1. The van der Waals surface area contributed by atoms with Gasteiger partial charge in [-0.1, -0.05) is 206 Å². The first-order valence-corrected chi connectivity index (χ1v) is 23.9. The van der Waals surface area contributed by atoms with Gasteiger partial charge in [-0.25, -0.2) is 4.79 Å². The topological polar surface area (TPSA) is 66.5 Å². The molecule has 0 aromatic heterocycles. The fraction of sp³-hybridized carbons (Fsp3) is 0.979. The third-order valence-corrected chi connectivity index (χ3v) is 11.2. The summed E-state index contributed by atoms with van der Waals surface area (Å²) in [6.07, 6.45) is 44.0. The van der Waals surface area contributed by atoms with Crippen LogP contribution in [0.25, 0.3) is 0 Å². The van der Waals surface area contributed by atoms with Gasteiger partial charge < -0.3 is 28.6 Å². The van der Waals surface area contributed by atoms with Crippen LogP contribution in [0.15, 0.2) is 0 Å². The van der Waals surface area contributed by atoms with Gasteiger partial charge in [0.05, 0.1) is 32.9 Å². The molecule has 54 heavy (non-hydrogen) atoms. The Morgan fingerprint density at radius 2 is 0.741 bits per heavy atom. The average Bonchev–Trinajstić information content (AvgIpc) is 3.59. The molecule has 1 aliphatic rings. The van der Waals surface area contributed by atoms with E-state index in [4.69, 9.17) is 23.7 Å². The van der Waals surface area contributed by atoms with E-state index >= 15 is 0 Å². The van der Waals surface area contributed by atoms with Gasteiger partial charge in [0.25, 0.3) is 0 Å². The maximum absolute atomic E-state index is 12.9. The van der Waals surface area contributed by atoms with Crippen LogP contribution in [0.3, 0.4) is 0 Å². The predicted molar refractivity (Wildman–Crippen MR) is 229 cm³/mol. The zero-order chi connectivity index (χ0) is 38.8. The highest BCUT2D eigenvalue weighted by atomic mass is 16.6. The third kappa shape index (κ3) is 33.3. The number of unbranched alkanes of at least 4 members (excludes halogenated alkanes) is 30. The van der Waals surface area contributed by atoms with Crippen molar-refractivity contribution < 1.29 is 28.5 Å². The predicted octanol–water partition coefficient (Wildman–Crippen LogP) is 13.8. The van der Waals surface area contributed by atoms with Crippen molar-refractivity contribution in [2.75, 3.05) is 59.8 Å². The zero-order valence-corrected chi connectivity index (χ0v) is 36.5. The highest BCUT2D eigenvalue weighted by Gasteiger charge is 2.37. The summed E-state index contributed by atoms with van der Waals surface area (Å²) in [6, 6.07) is 0. The average molecular weight is 768 g/mol. The second kappa shape index (κ2) is 41.7. The summed E-state index contributed by atoms with van der Waals surface area (Å²) in [5.41, 5.74) is 0. The molecular formula is C47H93NO6. The highest BCUT2D eigenvalue weighted by Crippen LogP contribution is 2.21. The van der Waals surface area contributed by atoms with Crippen LogP contribution in [0, 0.1) is 0 Å².